The van der Waals surface area contributed by atoms with E-state index >= 15 is 0 Å². The third-order valence-corrected chi connectivity index (χ3v) is 8.18. The number of hydrogen-bond donors (Lipinski definition) is 0. The van der Waals surface area contributed by atoms with Gasteiger partial charge >= 0.3 is 0 Å². The molecule has 1 aromatic rings. The van der Waals surface area contributed by atoms with Crippen molar-refractivity contribution in [1.29, 1.82) is 0 Å². The first kappa shape index (κ1) is 16.3. The van der Waals surface area contributed by atoms with Crippen LogP contribution < -0.4 is 0 Å². The van der Waals surface area contributed by atoms with Gasteiger partial charge in [-0.25, -0.2) is 0 Å². The molecule has 3 aliphatic heterocycles. The molecular weight excluding hydrogens is 332 g/mol. The lowest BCUT2D eigenvalue weighted by Gasteiger charge is -2.43. The monoisotopic (exact) mass is 360 g/mol. The number of likely N-dealkylation sites (tertiary alicyclic amines) is 2. The van der Waals surface area contributed by atoms with Crippen molar-refractivity contribution in [2.45, 2.75) is 57.1 Å². The highest BCUT2D eigenvalue weighted by molar-refractivity contribution is 7.14. The largest absolute Gasteiger partial charge is 0.370 e. The molecule has 2 bridgehead atoms. The summed E-state index contributed by atoms with van der Waals surface area (Å²) in [6.07, 6.45) is 6.86. The SMILES string of the molecule is CCN1CCC2(CC1)OCCc1sc(C(=O)N3C[C@H]4CC[C@H]3C4)cc12. The molecule has 1 spiro atoms. The van der Waals surface area contributed by atoms with Crippen LogP contribution in [-0.2, 0) is 16.8 Å². The molecule has 136 valence electrons. The molecule has 2 atom stereocenters. The predicted molar refractivity (Wildman–Crippen MR) is 99.2 cm³/mol. The highest BCUT2D eigenvalue weighted by Gasteiger charge is 2.44. The van der Waals surface area contributed by atoms with Crippen LogP contribution in [0.4, 0.5) is 0 Å². The van der Waals surface area contributed by atoms with E-state index in [9.17, 15) is 4.79 Å². The summed E-state index contributed by atoms with van der Waals surface area (Å²) >= 11 is 1.75. The minimum Gasteiger partial charge on any atom is -0.370 e. The highest BCUT2D eigenvalue weighted by Crippen LogP contribution is 2.45. The van der Waals surface area contributed by atoms with Crippen LogP contribution in [0, 0.1) is 5.92 Å². The van der Waals surface area contributed by atoms with E-state index in [0.29, 0.717) is 6.04 Å². The van der Waals surface area contributed by atoms with Crippen molar-refractivity contribution in [2.75, 3.05) is 32.8 Å². The Labute approximate surface area is 154 Å². The predicted octanol–water partition coefficient (Wildman–Crippen LogP) is 3.26. The van der Waals surface area contributed by atoms with Gasteiger partial charge in [-0.05, 0) is 56.2 Å². The number of amides is 1. The number of carbonyl (C=O) groups is 1. The van der Waals surface area contributed by atoms with E-state index < -0.39 is 0 Å². The number of carbonyl (C=O) groups excluding carboxylic acids is 1. The molecule has 5 rings (SSSR count). The van der Waals surface area contributed by atoms with E-state index in [1.165, 1.54) is 29.7 Å². The zero-order valence-electron chi connectivity index (χ0n) is 15.1. The van der Waals surface area contributed by atoms with Crippen molar-refractivity contribution in [2.24, 2.45) is 5.92 Å². The Morgan fingerprint density at radius 2 is 2.20 bits per heavy atom. The Morgan fingerprint density at radius 1 is 1.36 bits per heavy atom. The second-order valence-corrected chi connectivity index (χ2v) is 9.40. The van der Waals surface area contributed by atoms with E-state index in [-0.39, 0.29) is 11.5 Å². The first-order chi connectivity index (χ1) is 12.2. The molecule has 25 heavy (non-hydrogen) atoms. The number of piperidine rings is 2. The molecule has 1 aromatic heterocycles. The maximum atomic E-state index is 13.1. The van der Waals surface area contributed by atoms with Gasteiger partial charge in [-0.3, -0.25) is 4.79 Å². The van der Waals surface area contributed by atoms with E-state index in [2.05, 4.69) is 22.8 Å². The van der Waals surface area contributed by atoms with Crippen LogP contribution >= 0.6 is 11.3 Å². The summed E-state index contributed by atoms with van der Waals surface area (Å²) in [5, 5.41) is 0. The maximum absolute atomic E-state index is 13.1. The van der Waals surface area contributed by atoms with Gasteiger partial charge in [-0.1, -0.05) is 6.92 Å². The number of nitrogens with zero attached hydrogens (tertiary/aromatic N) is 2. The smallest absolute Gasteiger partial charge is 0.264 e. The van der Waals surface area contributed by atoms with Crippen molar-refractivity contribution in [3.05, 3.63) is 21.4 Å². The Kier molecular flexibility index (Phi) is 3.95. The summed E-state index contributed by atoms with van der Waals surface area (Å²) in [5.74, 6) is 1.05. The third kappa shape index (κ3) is 2.58. The minimum atomic E-state index is -0.127. The second-order valence-electron chi connectivity index (χ2n) is 8.26. The lowest BCUT2D eigenvalue weighted by Crippen LogP contribution is -2.46. The maximum Gasteiger partial charge on any atom is 0.264 e. The molecule has 0 aromatic carbocycles. The zero-order chi connectivity index (χ0) is 17.0. The fourth-order valence-electron chi connectivity index (χ4n) is 5.48. The van der Waals surface area contributed by atoms with Gasteiger partial charge in [0.1, 0.15) is 0 Å². The van der Waals surface area contributed by atoms with E-state index in [1.807, 2.05) is 0 Å². The summed E-state index contributed by atoms with van der Waals surface area (Å²) in [7, 11) is 0. The van der Waals surface area contributed by atoms with Crippen LogP contribution in [0.5, 0.6) is 0 Å². The molecule has 2 saturated heterocycles. The van der Waals surface area contributed by atoms with Gasteiger partial charge in [0, 0.05) is 37.0 Å². The molecule has 5 heteroatoms. The summed E-state index contributed by atoms with van der Waals surface area (Å²) in [5.41, 5.74) is 1.21. The van der Waals surface area contributed by atoms with Crippen molar-refractivity contribution < 1.29 is 9.53 Å². The molecule has 1 saturated carbocycles. The van der Waals surface area contributed by atoms with Gasteiger partial charge in [0.2, 0.25) is 0 Å². The molecule has 1 aliphatic carbocycles. The van der Waals surface area contributed by atoms with Crippen molar-refractivity contribution >= 4 is 17.2 Å². The highest BCUT2D eigenvalue weighted by atomic mass is 32.1. The van der Waals surface area contributed by atoms with E-state index in [0.717, 1.165) is 62.8 Å². The van der Waals surface area contributed by atoms with Crippen molar-refractivity contribution in [1.82, 2.24) is 9.80 Å². The summed E-state index contributed by atoms with van der Waals surface area (Å²) < 4.78 is 6.35. The standard InChI is InChI=1S/C20H28N2O2S/c1-2-21-8-6-20(7-9-21)16-12-18(25-17(16)5-10-24-20)19(23)22-13-14-3-4-15(22)11-14/h12,14-15H,2-11,13H2,1H3/t14-,15-/m0/s1. The molecule has 4 nitrogen and oxygen atoms in total. The summed E-state index contributed by atoms with van der Waals surface area (Å²) in [4.78, 5) is 20.1. The average Bonchev–Trinajstić information content (AvgIpc) is 3.37. The Balaban J connectivity index is 1.41. The number of ether oxygens (including phenoxy) is 1. The fraction of sp³-hybridized carbons (Fsp3) is 0.750. The van der Waals surface area contributed by atoms with Gasteiger partial charge in [-0.2, -0.15) is 0 Å². The number of hydrogen-bond acceptors (Lipinski definition) is 4. The average molecular weight is 361 g/mol. The van der Waals surface area contributed by atoms with Gasteiger partial charge in [0.25, 0.3) is 5.91 Å². The number of rotatable bonds is 2. The molecular formula is C20H28N2O2S. The Bertz CT molecular complexity index is 677. The molecule has 4 heterocycles. The van der Waals surface area contributed by atoms with Crippen molar-refractivity contribution in [3.8, 4) is 0 Å². The van der Waals surface area contributed by atoms with Gasteiger partial charge in [0.05, 0.1) is 17.1 Å². The van der Waals surface area contributed by atoms with Crippen molar-refractivity contribution in [3.63, 3.8) is 0 Å². The summed E-state index contributed by atoms with van der Waals surface area (Å²) in [6, 6.07) is 2.71. The second kappa shape index (κ2) is 6.07. The molecule has 1 amide bonds. The molecule has 3 fully saturated rings. The van der Waals surface area contributed by atoms with Crippen LogP contribution in [0.15, 0.2) is 6.07 Å². The molecule has 0 radical (unpaired) electrons. The first-order valence-electron chi connectivity index (χ1n) is 9.99. The van der Waals surface area contributed by atoms with Gasteiger partial charge < -0.3 is 14.5 Å². The number of thiophene rings is 1. The summed E-state index contributed by atoms with van der Waals surface area (Å²) in [6.45, 7) is 7.35. The van der Waals surface area contributed by atoms with Crippen LogP contribution in [0.25, 0.3) is 0 Å². The Hall–Kier alpha value is -0.910. The van der Waals surface area contributed by atoms with E-state index in [4.69, 9.17) is 4.74 Å². The van der Waals surface area contributed by atoms with Gasteiger partial charge in [0.15, 0.2) is 0 Å². The zero-order valence-corrected chi connectivity index (χ0v) is 15.9. The van der Waals surface area contributed by atoms with Crippen LogP contribution in [-0.4, -0.2) is 54.5 Å². The molecule has 0 unspecified atom stereocenters. The van der Waals surface area contributed by atoms with Gasteiger partial charge in [-0.15, -0.1) is 11.3 Å². The fourth-order valence-corrected chi connectivity index (χ4v) is 6.67. The normalized spacial score (nSPS) is 30.8. The first-order valence-corrected chi connectivity index (χ1v) is 10.8. The minimum absolute atomic E-state index is 0.127. The lowest BCUT2D eigenvalue weighted by atomic mass is 9.82. The topological polar surface area (TPSA) is 32.8 Å². The van der Waals surface area contributed by atoms with E-state index in [1.54, 1.807) is 11.3 Å². The Morgan fingerprint density at radius 3 is 2.88 bits per heavy atom. The molecule has 4 aliphatic rings. The van der Waals surface area contributed by atoms with Crippen LogP contribution in [0.1, 0.15) is 59.1 Å². The van der Waals surface area contributed by atoms with Crippen LogP contribution in [0.2, 0.25) is 0 Å². The lowest BCUT2D eigenvalue weighted by molar-refractivity contribution is -0.0964. The quantitative estimate of drug-likeness (QED) is 0.812. The third-order valence-electron chi connectivity index (χ3n) is 7.00. The van der Waals surface area contributed by atoms with Crippen LogP contribution in [0.3, 0.4) is 0 Å². The number of fused-ring (bicyclic) bond motifs is 4. The molecule has 0 N–H and O–H groups in total.